The lowest BCUT2D eigenvalue weighted by Gasteiger charge is -2.44. The lowest BCUT2D eigenvalue weighted by Crippen LogP contribution is -2.61. The number of quaternary nitrogens is 1. The van der Waals surface area contributed by atoms with Gasteiger partial charge in [-0.3, -0.25) is 9.69 Å². The summed E-state index contributed by atoms with van der Waals surface area (Å²) in [5.41, 5.74) is 1.75. The van der Waals surface area contributed by atoms with Crippen LogP contribution >= 0.6 is 11.8 Å². The molecule has 0 aliphatic carbocycles. The summed E-state index contributed by atoms with van der Waals surface area (Å²) in [6.45, 7) is 2.28. The molecule has 3 atom stereocenters. The fraction of sp³-hybridized carbons (Fsp3) is 0.444. The maximum atomic E-state index is 12.3. The Kier molecular flexibility index (Phi) is 4.43. The molecule has 1 saturated heterocycles. The minimum Gasteiger partial charge on any atom is -0.543 e. The first-order valence-electron chi connectivity index (χ1n) is 8.14. The van der Waals surface area contributed by atoms with Crippen LogP contribution in [0.5, 0.6) is 0 Å². The van der Waals surface area contributed by atoms with Crippen molar-refractivity contribution in [2.75, 3.05) is 21.1 Å². The standard InChI is InChI=1S/C18H22N2O4S/c1-10(21)13-16(22)19-14(18(23)24)15(25-17(13)19)12-8-6-5-7-11(12)9-20(2,3)4/h5-8,10,13,17,21H,9H2,1-4H3/t10-,13+,17-/m1/s1. The normalized spacial score (nSPS) is 24.2. The van der Waals surface area contributed by atoms with Gasteiger partial charge in [0, 0.05) is 10.5 Å². The largest absolute Gasteiger partial charge is 0.543 e. The van der Waals surface area contributed by atoms with E-state index in [4.69, 9.17) is 0 Å². The summed E-state index contributed by atoms with van der Waals surface area (Å²) in [4.78, 5) is 25.9. The number of carbonyl (C=O) groups excluding carboxylic acids is 2. The van der Waals surface area contributed by atoms with Gasteiger partial charge in [-0.05, 0) is 12.5 Å². The third-order valence-electron chi connectivity index (χ3n) is 4.40. The summed E-state index contributed by atoms with van der Waals surface area (Å²) in [5, 5.41) is 21.2. The van der Waals surface area contributed by atoms with E-state index in [1.165, 1.54) is 16.7 Å². The van der Waals surface area contributed by atoms with Gasteiger partial charge in [0.05, 0.1) is 44.8 Å². The number of carboxylic acids is 1. The van der Waals surface area contributed by atoms with Crippen molar-refractivity contribution in [2.24, 2.45) is 5.92 Å². The van der Waals surface area contributed by atoms with Gasteiger partial charge in [0.1, 0.15) is 11.9 Å². The van der Waals surface area contributed by atoms with Crippen molar-refractivity contribution in [1.29, 1.82) is 0 Å². The number of fused-ring (bicyclic) bond motifs is 1. The molecule has 7 heteroatoms. The minimum atomic E-state index is -1.36. The van der Waals surface area contributed by atoms with E-state index in [-0.39, 0.29) is 17.0 Å². The SMILES string of the molecule is C[C@@H](O)[C@H]1C(=O)N2C(C(=O)[O-])=C(c3ccccc3C[N+](C)(C)C)S[C@H]12. The number of β-lactam (4-membered cyclic amide) rings is 1. The molecule has 25 heavy (non-hydrogen) atoms. The van der Waals surface area contributed by atoms with Crippen LogP contribution < -0.4 is 5.11 Å². The van der Waals surface area contributed by atoms with E-state index >= 15 is 0 Å². The number of amides is 1. The average Bonchev–Trinajstić information content (AvgIpc) is 2.81. The maximum absolute atomic E-state index is 12.3. The molecule has 0 unspecified atom stereocenters. The number of carbonyl (C=O) groups is 2. The van der Waals surface area contributed by atoms with Gasteiger partial charge >= 0.3 is 0 Å². The first kappa shape index (κ1) is 18.0. The van der Waals surface area contributed by atoms with Crippen LogP contribution in [-0.2, 0) is 16.1 Å². The van der Waals surface area contributed by atoms with Crippen LogP contribution in [0.1, 0.15) is 18.1 Å². The Bertz CT molecular complexity index is 767. The van der Waals surface area contributed by atoms with E-state index in [9.17, 15) is 19.8 Å². The van der Waals surface area contributed by atoms with E-state index in [1.54, 1.807) is 6.92 Å². The van der Waals surface area contributed by atoms with Gasteiger partial charge in [0.25, 0.3) is 0 Å². The molecule has 6 nitrogen and oxygen atoms in total. The van der Waals surface area contributed by atoms with E-state index in [0.29, 0.717) is 9.39 Å². The number of hydrogen-bond donors (Lipinski definition) is 1. The summed E-state index contributed by atoms with van der Waals surface area (Å²) < 4.78 is 0.692. The van der Waals surface area contributed by atoms with E-state index in [1.807, 2.05) is 24.3 Å². The third kappa shape index (κ3) is 3.07. The molecule has 3 rings (SSSR count). The van der Waals surface area contributed by atoms with Gasteiger partial charge in [-0.1, -0.05) is 36.0 Å². The zero-order valence-electron chi connectivity index (χ0n) is 14.7. The molecule has 1 amide bonds. The Morgan fingerprint density at radius 1 is 1.36 bits per heavy atom. The topological polar surface area (TPSA) is 80.7 Å². The fourth-order valence-corrected chi connectivity index (χ4v) is 5.02. The summed E-state index contributed by atoms with van der Waals surface area (Å²) in [6, 6.07) is 7.64. The first-order valence-corrected chi connectivity index (χ1v) is 9.02. The van der Waals surface area contributed by atoms with Crippen LogP contribution in [0.2, 0.25) is 0 Å². The molecule has 0 bridgehead atoms. The van der Waals surface area contributed by atoms with Gasteiger partial charge in [0.2, 0.25) is 5.91 Å². The highest BCUT2D eigenvalue weighted by atomic mass is 32.2. The second kappa shape index (κ2) is 6.16. The molecule has 0 spiro atoms. The van der Waals surface area contributed by atoms with Crippen molar-refractivity contribution in [3.8, 4) is 0 Å². The summed E-state index contributed by atoms with van der Waals surface area (Å²) >= 11 is 1.33. The predicted octanol–water partition coefficient (Wildman–Crippen LogP) is 0.223. The molecule has 1 fully saturated rings. The number of aliphatic carboxylic acids is 1. The van der Waals surface area contributed by atoms with Crippen LogP contribution in [0, 0.1) is 5.92 Å². The van der Waals surface area contributed by atoms with Crippen molar-refractivity contribution >= 4 is 28.5 Å². The molecule has 0 saturated carbocycles. The number of carboxylic acid groups (broad SMARTS) is 1. The molecule has 2 aliphatic heterocycles. The Hall–Kier alpha value is -1.83. The minimum absolute atomic E-state index is 0.0780. The molecular formula is C18H22N2O4S. The quantitative estimate of drug-likeness (QED) is 0.599. The highest BCUT2D eigenvalue weighted by Crippen LogP contribution is 2.54. The lowest BCUT2D eigenvalue weighted by atomic mass is 9.92. The van der Waals surface area contributed by atoms with Crippen LogP contribution in [0.3, 0.4) is 0 Å². The smallest absolute Gasteiger partial charge is 0.236 e. The predicted molar refractivity (Wildman–Crippen MR) is 93.5 cm³/mol. The van der Waals surface area contributed by atoms with Gasteiger partial charge < -0.3 is 19.5 Å². The molecule has 1 N–H and O–H groups in total. The van der Waals surface area contributed by atoms with E-state index in [0.717, 1.165) is 17.7 Å². The second-order valence-corrected chi connectivity index (χ2v) is 8.68. The summed E-state index contributed by atoms with van der Waals surface area (Å²) in [5.74, 6) is -2.30. The number of aliphatic hydroxyl groups excluding tert-OH is 1. The Morgan fingerprint density at radius 2 is 2.00 bits per heavy atom. The molecular weight excluding hydrogens is 340 g/mol. The highest BCUT2D eigenvalue weighted by molar-refractivity contribution is 8.09. The van der Waals surface area contributed by atoms with E-state index < -0.39 is 18.0 Å². The molecule has 134 valence electrons. The first-order chi connectivity index (χ1) is 11.6. The van der Waals surface area contributed by atoms with Crippen LogP contribution in [0.4, 0.5) is 0 Å². The molecule has 1 aromatic rings. The number of nitrogens with zero attached hydrogens (tertiary/aromatic N) is 2. The third-order valence-corrected chi connectivity index (χ3v) is 5.79. The Labute approximate surface area is 151 Å². The molecule has 2 aliphatic rings. The van der Waals surface area contributed by atoms with Crippen LogP contribution in [0.15, 0.2) is 30.0 Å². The Balaban J connectivity index is 2.06. The van der Waals surface area contributed by atoms with Crippen molar-refractivity contribution in [3.05, 3.63) is 41.1 Å². The van der Waals surface area contributed by atoms with Gasteiger partial charge in [-0.2, -0.15) is 0 Å². The van der Waals surface area contributed by atoms with E-state index in [2.05, 4.69) is 21.1 Å². The Morgan fingerprint density at radius 3 is 2.56 bits per heavy atom. The van der Waals surface area contributed by atoms with Crippen molar-refractivity contribution < 1.29 is 24.3 Å². The van der Waals surface area contributed by atoms with Crippen LogP contribution in [0.25, 0.3) is 4.91 Å². The summed E-state index contributed by atoms with van der Waals surface area (Å²) in [6.07, 6.45) is -0.815. The molecule has 0 radical (unpaired) electrons. The second-order valence-electron chi connectivity index (χ2n) is 7.55. The average molecular weight is 362 g/mol. The summed E-state index contributed by atoms with van der Waals surface area (Å²) in [7, 11) is 6.19. The highest BCUT2D eigenvalue weighted by Gasteiger charge is 2.56. The van der Waals surface area contributed by atoms with Crippen molar-refractivity contribution in [1.82, 2.24) is 4.90 Å². The van der Waals surface area contributed by atoms with Gasteiger partial charge in [0.15, 0.2) is 0 Å². The molecule has 2 heterocycles. The monoisotopic (exact) mass is 362 g/mol. The van der Waals surface area contributed by atoms with Gasteiger partial charge in [-0.15, -0.1) is 0 Å². The zero-order valence-corrected chi connectivity index (χ0v) is 15.5. The fourth-order valence-electron chi connectivity index (χ4n) is 3.35. The molecule has 1 aromatic carbocycles. The number of rotatable bonds is 5. The van der Waals surface area contributed by atoms with Crippen LogP contribution in [-0.4, -0.2) is 59.0 Å². The lowest BCUT2D eigenvalue weighted by molar-refractivity contribution is -0.884. The van der Waals surface area contributed by atoms with Crippen molar-refractivity contribution in [3.63, 3.8) is 0 Å². The number of aliphatic hydroxyl groups is 1. The van der Waals surface area contributed by atoms with Crippen molar-refractivity contribution in [2.45, 2.75) is 24.9 Å². The number of thioether (sulfide) groups is 1. The maximum Gasteiger partial charge on any atom is 0.236 e. The molecule has 0 aromatic heterocycles. The number of hydrogen-bond acceptors (Lipinski definition) is 5. The zero-order chi connectivity index (χ0) is 18.5. The number of benzene rings is 1. The van der Waals surface area contributed by atoms with Gasteiger partial charge in [-0.25, -0.2) is 0 Å².